The van der Waals surface area contributed by atoms with E-state index in [9.17, 15) is 17.6 Å². The normalized spacial score (nSPS) is 12.8. The third-order valence-corrected chi connectivity index (χ3v) is 6.50. The van der Waals surface area contributed by atoms with E-state index in [1.54, 1.807) is 24.3 Å². The molecule has 0 aliphatic rings. The predicted molar refractivity (Wildman–Crippen MR) is 106 cm³/mol. The molecule has 0 spiro atoms. The van der Waals surface area contributed by atoms with Gasteiger partial charge in [0.2, 0.25) is 15.9 Å². The van der Waals surface area contributed by atoms with E-state index < -0.39 is 10.0 Å². The van der Waals surface area contributed by atoms with E-state index in [0.717, 1.165) is 9.87 Å². The predicted octanol–water partition coefficient (Wildman–Crippen LogP) is 3.65. The Morgan fingerprint density at radius 2 is 1.81 bits per heavy atom. The number of hydrogen-bond donors (Lipinski definition) is 1. The van der Waals surface area contributed by atoms with Crippen molar-refractivity contribution in [1.29, 1.82) is 0 Å². The van der Waals surface area contributed by atoms with Gasteiger partial charge in [-0.15, -0.1) is 0 Å². The molecule has 0 aromatic heterocycles. The first-order chi connectivity index (χ1) is 12.6. The number of benzene rings is 2. The highest BCUT2D eigenvalue weighted by atomic mass is 79.9. The minimum absolute atomic E-state index is 0.163. The topological polar surface area (TPSA) is 66.5 Å². The highest BCUT2D eigenvalue weighted by Gasteiger charge is 2.18. The molecule has 8 heteroatoms. The van der Waals surface area contributed by atoms with Gasteiger partial charge in [-0.1, -0.05) is 34.1 Å². The quantitative estimate of drug-likeness (QED) is 0.691. The van der Waals surface area contributed by atoms with Crippen molar-refractivity contribution in [2.75, 3.05) is 14.1 Å². The van der Waals surface area contributed by atoms with Gasteiger partial charge in [-0.2, -0.15) is 0 Å². The molecular weight excluding hydrogens is 435 g/mol. The average molecular weight is 457 g/mol. The van der Waals surface area contributed by atoms with E-state index in [1.807, 2.05) is 6.92 Å². The second-order valence-electron chi connectivity index (χ2n) is 6.38. The first-order valence-electron chi connectivity index (χ1n) is 8.37. The molecule has 0 bridgehead atoms. The van der Waals surface area contributed by atoms with Crippen LogP contribution >= 0.6 is 15.9 Å². The minimum Gasteiger partial charge on any atom is -0.350 e. The van der Waals surface area contributed by atoms with Crippen molar-refractivity contribution in [3.05, 3.63) is 63.9 Å². The van der Waals surface area contributed by atoms with Gasteiger partial charge in [-0.3, -0.25) is 4.79 Å². The van der Waals surface area contributed by atoms with Gasteiger partial charge in [0.15, 0.2) is 0 Å². The number of rotatable bonds is 7. The maximum atomic E-state index is 13.8. The fourth-order valence-corrected chi connectivity index (χ4v) is 3.74. The van der Waals surface area contributed by atoms with E-state index in [2.05, 4.69) is 21.2 Å². The zero-order valence-corrected chi connectivity index (χ0v) is 17.8. The van der Waals surface area contributed by atoms with E-state index in [1.165, 1.54) is 32.3 Å². The zero-order chi connectivity index (χ0) is 20.2. The molecule has 146 valence electrons. The number of hydrogen-bond acceptors (Lipinski definition) is 3. The lowest BCUT2D eigenvalue weighted by Crippen LogP contribution is -2.27. The van der Waals surface area contributed by atoms with Crippen molar-refractivity contribution in [2.24, 2.45) is 0 Å². The number of nitrogens with one attached hydrogen (secondary N) is 1. The van der Waals surface area contributed by atoms with Crippen molar-refractivity contribution in [3.8, 4) is 0 Å². The summed E-state index contributed by atoms with van der Waals surface area (Å²) in [4.78, 5) is 12.3. The summed E-state index contributed by atoms with van der Waals surface area (Å²) in [5.41, 5.74) is 1.27. The van der Waals surface area contributed by atoms with Gasteiger partial charge in [0.05, 0.1) is 10.9 Å². The maximum Gasteiger partial charge on any atom is 0.242 e. The smallest absolute Gasteiger partial charge is 0.242 e. The lowest BCUT2D eigenvalue weighted by Gasteiger charge is -2.16. The summed E-state index contributed by atoms with van der Waals surface area (Å²) >= 11 is 3.20. The molecule has 0 aliphatic heterocycles. The first kappa shape index (κ1) is 21.5. The molecule has 0 saturated carbocycles. The Morgan fingerprint density at radius 1 is 1.19 bits per heavy atom. The van der Waals surface area contributed by atoms with Crippen LogP contribution in [0.25, 0.3) is 0 Å². The van der Waals surface area contributed by atoms with Crippen LogP contribution in [0.3, 0.4) is 0 Å². The molecule has 0 heterocycles. The molecule has 0 fully saturated rings. The van der Waals surface area contributed by atoms with E-state index >= 15 is 0 Å². The van der Waals surface area contributed by atoms with Crippen LogP contribution in [0.1, 0.15) is 30.5 Å². The second kappa shape index (κ2) is 8.95. The summed E-state index contributed by atoms with van der Waals surface area (Å²) in [5.74, 6) is -0.544. The molecule has 0 saturated heterocycles. The van der Waals surface area contributed by atoms with Gasteiger partial charge in [0.25, 0.3) is 0 Å². The van der Waals surface area contributed by atoms with E-state index in [0.29, 0.717) is 16.5 Å². The van der Waals surface area contributed by atoms with Crippen LogP contribution in [0.5, 0.6) is 0 Å². The highest BCUT2D eigenvalue weighted by molar-refractivity contribution is 9.10. The number of aryl methyl sites for hydroxylation is 1. The first-order valence-corrected chi connectivity index (χ1v) is 10.6. The Hall–Kier alpha value is -1.77. The third-order valence-electron chi connectivity index (χ3n) is 4.17. The Bertz CT molecular complexity index is 915. The van der Waals surface area contributed by atoms with Crippen molar-refractivity contribution in [3.63, 3.8) is 0 Å². The largest absolute Gasteiger partial charge is 0.350 e. The molecule has 2 aromatic rings. The van der Waals surface area contributed by atoms with Crippen LogP contribution in [0.4, 0.5) is 4.39 Å². The van der Waals surface area contributed by atoms with Crippen LogP contribution in [-0.2, 0) is 21.2 Å². The molecule has 0 radical (unpaired) electrons. The highest BCUT2D eigenvalue weighted by Crippen LogP contribution is 2.19. The van der Waals surface area contributed by atoms with Gasteiger partial charge in [-0.25, -0.2) is 17.1 Å². The minimum atomic E-state index is -3.48. The molecule has 2 aromatic carbocycles. The number of amides is 1. The summed E-state index contributed by atoms with van der Waals surface area (Å²) in [6.45, 7) is 1.81. The van der Waals surface area contributed by atoms with Crippen molar-refractivity contribution >= 4 is 31.9 Å². The van der Waals surface area contributed by atoms with Crippen LogP contribution < -0.4 is 5.32 Å². The summed E-state index contributed by atoms with van der Waals surface area (Å²) in [6.07, 6.45) is 0.466. The molecule has 1 unspecified atom stereocenters. The molecule has 5 nitrogen and oxygen atoms in total. The van der Waals surface area contributed by atoms with Gasteiger partial charge in [0, 0.05) is 25.0 Å². The lowest BCUT2D eigenvalue weighted by molar-refractivity contribution is -0.121. The van der Waals surface area contributed by atoms with E-state index in [4.69, 9.17) is 0 Å². The van der Waals surface area contributed by atoms with Crippen LogP contribution in [0.15, 0.2) is 51.8 Å². The Kier molecular flexibility index (Phi) is 7.13. The van der Waals surface area contributed by atoms with Gasteiger partial charge in [0.1, 0.15) is 5.82 Å². The standard InChI is InChI=1S/C19H22BrFN2O3S/c1-13(14-5-9-17(10-6-14)27(25,26)23(2)3)22-19(24)11-7-15-4-8-16(20)12-18(15)21/h4-6,8-10,12-13H,7,11H2,1-3H3,(H,22,24). The Labute approximate surface area is 167 Å². The SMILES string of the molecule is CC(NC(=O)CCc1ccc(Br)cc1F)c1ccc(S(=O)(=O)N(C)C)cc1. The zero-order valence-electron chi connectivity index (χ0n) is 15.4. The van der Waals surface area contributed by atoms with Gasteiger partial charge < -0.3 is 5.32 Å². The summed E-state index contributed by atoms with van der Waals surface area (Å²) in [6, 6.07) is 10.9. The lowest BCUT2D eigenvalue weighted by atomic mass is 10.1. The van der Waals surface area contributed by atoms with Crippen molar-refractivity contribution in [2.45, 2.75) is 30.7 Å². The number of nitrogens with zero attached hydrogens (tertiary/aromatic N) is 1. The Morgan fingerprint density at radius 3 is 2.37 bits per heavy atom. The second-order valence-corrected chi connectivity index (χ2v) is 9.45. The number of halogens is 2. The summed E-state index contributed by atoms with van der Waals surface area (Å²) < 4.78 is 39.8. The van der Waals surface area contributed by atoms with Crippen LogP contribution in [0.2, 0.25) is 0 Å². The van der Waals surface area contributed by atoms with E-state index in [-0.39, 0.29) is 29.1 Å². The fourth-order valence-electron chi connectivity index (χ4n) is 2.51. The number of sulfonamides is 1. The Balaban J connectivity index is 1.96. The fraction of sp³-hybridized carbons (Fsp3) is 0.316. The molecule has 27 heavy (non-hydrogen) atoms. The molecule has 1 atom stereocenters. The number of carbonyl (C=O) groups is 1. The van der Waals surface area contributed by atoms with Gasteiger partial charge >= 0.3 is 0 Å². The maximum absolute atomic E-state index is 13.8. The third kappa shape index (κ3) is 5.60. The van der Waals surface area contributed by atoms with Crippen molar-refractivity contribution in [1.82, 2.24) is 9.62 Å². The summed E-state index contributed by atoms with van der Waals surface area (Å²) in [7, 11) is -0.537. The monoisotopic (exact) mass is 456 g/mol. The molecule has 2 rings (SSSR count). The summed E-state index contributed by atoms with van der Waals surface area (Å²) in [5, 5.41) is 2.85. The van der Waals surface area contributed by atoms with Crippen molar-refractivity contribution < 1.29 is 17.6 Å². The van der Waals surface area contributed by atoms with Crippen LogP contribution in [-0.4, -0.2) is 32.7 Å². The molecule has 1 N–H and O–H groups in total. The van der Waals surface area contributed by atoms with Crippen LogP contribution in [0, 0.1) is 5.82 Å². The molecule has 0 aliphatic carbocycles. The van der Waals surface area contributed by atoms with Gasteiger partial charge in [-0.05, 0) is 48.7 Å². The molecular formula is C19H22BrFN2O3S. The number of carbonyl (C=O) groups excluding carboxylic acids is 1. The molecule has 1 amide bonds. The average Bonchev–Trinajstić information content (AvgIpc) is 2.61.